The number of rotatable bonds is 6. The summed E-state index contributed by atoms with van der Waals surface area (Å²) in [5.74, 6) is 0. The Morgan fingerprint density at radius 1 is 1.10 bits per heavy atom. The lowest BCUT2D eigenvalue weighted by Crippen LogP contribution is -2.24. The third kappa shape index (κ3) is 3.82. The van der Waals surface area contributed by atoms with Gasteiger partial charge in [0.05, 0.1) is 18.3 Å². The minimum absolute atomic E-state index is 0.416. The molecule has 1 aromatic heterocycles. The van der Waals surface area contributed by atoms with Crippen molar-refractivity contribution in [2.24, 2.45) is 0 Å². The van der Waals surface area contributed by atoms with Gasteiger partial charge in [-0.25, -0.2) is 0 Å². The number of hydrogen-bond acceptors (Lipinski definition) is 3. The monoisotopic (exact) mass is 284 g/mol. The molecule has 1 aromatic carbocycles. The zero-order valence-electron chi connectivity index (χ0n) is 13.1. The van der Waals surface area contributed by atoms with Gasteiger partial charge in [-0.1, -0.05) is 31.2 Å². The summed E-state index contributed by atoms with van der Waals surface area (Å²) in [7, 11) is 0. The van der Waals surface area contributed by atoms with E-state index in [0.29, 0.717) is 0 Å². The number of aliphatic hydroxyl groups excluding tert-OH is 1. The second-order valence-corrected chi connectivity index (χ2v) is 5.27. The maximum Gasteiger partial charge on any atom is 0.0807 e. The Balaban J connectivity index is 2.29. The summed E-state index contributed by atoms with van der Waals surface area (Å²) in [5, 5.41) is 10.2. The van der Waals surface area contributed by atoms with E-state index < -0.39 is 6.10 Å². The standard InChI is InChI=1S/C18H24N2O/c1-4-18(21)16-11-6-7-12-17(16)20(5-2)13-15-10-8-9-14(3)19-15/h6-12,18,21H,4-5,13H2,1-3H3/t18-/m0/s1. The molecule has 0 saturated carbocycles. The fraction of sp³-hybridized carbons (Fsp3) is 0.389. The Hall–Kier alpha value is -1.87. The number of aryl methyl sites for hydroxylation is 1. The van der Waals surface area contributed by atoms with Crippen LogP contribution in [-0.2, 0) is 6.54 Å². The van der Waals surface area contributed by atoms with Crippen molar-refractivity contribution in [3.63, 3.8) is 0 Å². The molecule has 3 heteroatoms. The second kappa shape index (κ2) is 7.23. The van der Waals surface area contributed by atoms with E-state index in [1.807, 2.05) is 44.2 Å². The van der Waals surface area contributed by atoms with Crippen LogP contribution in [0.2, 0.25) is 0 Å². The predicted octanol–water partition coefficient (Wildman–Crippen LogP) is 3.86. The molecule has 112 valence electrons. The summed E-state index contributed by atoms with van der Waals surface area (Å²) in [6.07, 6.45) is 0.304. The van der Waals surface area contributed by atoms with E-state index >= 15 is 0 Å². The normalized spacial score (nSPS) is 12.2. The van der Waals surface area contributed by atoms with Crippen molar-refractivity contribution in [3.8, 4) is 0 Å². The van der Waals surface area contributed by atoms with Crippen molar-refractivity contribution in [2.75, 3.05) is 11.4 Å². The average Bonchev–Trinajstić information content (AvgIpc) is 2.52. The summed E-state index contributed by atoms with van der Waals surface area (Å²) in [4.78, 5) is 6.84. The molecule has 1 heterocycles. The van der Waals surface area contributed by atoms with Gasteiger partial charge < -0.3 is 10.0 Å². The van der Waals surface area contributed by atoms with Gasteiger partial charge in [-0.15, -0.1) is 0 Å². The first-order valence-electron chi connectivity index (χ1n) is 7.60. The number of aromatic nitrogens is 1. The molecule has 0 aliphatic carbocycles. The molecule has 0 amide bonds. The number of nitrogens with zero attached hydrogens (tertiary/aromatic N) is 2. The van der Waals surface area contributed by atoms with Gasteiger partial charge in [0.25, 0.3) is 0 Å². The number of benzene rings is 1. The summed E-state index contributed by atoms with van der Waals surface area (Å²) >= 11 is 0. The fourth-order valence-corrected chi connectivity index (χ4v) is 2.53. The van der Waals surface area contributed by atoms with Gasteiger partial charge in [0.15, 0.2) is 0 Å². The minimum atomic E-state index is -0.416. The zero-order valence-corrected chi connectivity index (χ0v) is 13.1. The fourth-order valence-electron chi connectivity index (χ4n) is 2.53. The van der Waals surface area contributed by atoms with Gasteiger partial charge in [0.2, 0.25) is 0 Å². The zero-order chi connectivity index (χ0) is 15.2. The van der Waals surface area contributed by atoms with Crippen LogP contribution in [0.15, 0.2) is 42.5 Å². The molecule has 0 saturated heterocycles. The predicted molar refractivity (Wildman–Crippen MR) is 87.4 cm³/mol. The molecular weight excluding hydrogens is 260 g/mol. The highest BCUT2D eigenvalue weighted by atomic mass is 16.3. The highest BCUT2D eigenvalue weighted by molar-refractivity contribution is 5.54. The molecule has 0 radical (unpaired) electrons. The summed E-state index contributed by atoms with van der Waals surface area (Å²) < 4.78 is 0. The molecule has 1 N–H and O–H groups in total. The first kappa shape index (κ1) is 15.5. The molecule has 0 fully saturated rings. The topological polar surface area (TPSA) is 36.4 Å². The quantitative estimate of drug-likeness (QED) is 0.875. The maximum absolute atomic E-state index is 10.2. The average molecular weight is 284 g/mol. The first-order valence-corrected chi connectivity index (χ1v) is 7.60. The Kier molecular flexibility index (Phi) is 5.34. The van der Waals surface area contributed by atoms with Gasteiger partial charge >= 0.3 is 0 Å². The van der Waals surface area contributed by atoms with E-state index in [4.69, 9.17) is 0 Å². The van der Waals surface area contributed by atoms with Gasteiger partial charge in [-0.2, -0.15) is 0 Å². The Morgan fingerprint density at radius 3 is 2.52 bits per heavy atom. The van der Waals surface area contributed by atoms with Gasteiger partial charge in [0, 0.05) is 23.5 Å². The third-order valence-corrected chi connectivity index (χ3v) is 3.70. The van der Waals surface area contributed by atoms with Crippen LogP contribution < -0.4 is 4.90 Å². The molecule has 1 atom stereocenters. The SMILES string of the molecule is CC[C@H](O)c1ccccc1N(CC)Cc1cccc(C)n1. The smallest absolute Gasteiger partial charge is 0.0807 e. The maximum atomic E-state index is 10.2. The lowest BCUT2D eigenvalue weighted by Gasteiger charge is -2.27. The molecule has 0 aliphatic rings. The van der Waals surface area contributed by atoms with Crippen LogP contribution in [-0.4, -0.2) is 16.6 Å². The van der Waals surface area contributed by atoms with E-state index in [-0.39, 0.29) is 0 Å². The van der Waals surface area contributed by atoms with Crippen molar-refractivity contribution in [2.45, 2.75) is 39.8 Å². The van der Waals surface area contributed by atoms with E-state index in [1.165, 1.54) is 0 Å². The van der Waals surface area contributed by atoms with Gasteiger partial charge in [-0.05, 0) is 38.5 Å². The number of pyridine rings is 1. The van der Waals surface area contributed by atoms with E-state index in [2.05, 4.69) is 28.9 Å². The lowest BCUT2D eigenvalue weighted by atomic mass is 10.0. The van der Waals surface area contributed by atoms with Crippen molar-refractivity contribution in [1.82, 2.24) is 4.98 Å². The van der Waals surface area contributed by atoms with Crippen LogP contribution in [0.4, 0.5) is 5.69 Å². The number of hydrogen-bond donors (Lipinski definition) is 1. The van der Waals surface area contributed by atoms with Crippen LogP contribution in [0.25, 0.3) is 0 Å². The Morgan fingerprint density at radius 2 is 1.86 bits per heavy atom. The minimum Gasteiger partial charge on any atom is -0.388 e. The number of anilines is 1. The molecule has 2 rings (SSSR count). The highest BCUT2D eigenvalue weighted by Gasteiger charge is 2.15. The van der Waals surface area contributed by atoms with Crippen molar-refractivity contribution < 1.29 is 5.11 Å². The molecule has 0 bridgehead atoms. The van der Waals surface area contributed by atoms with E-state index in [0.717, 1.165) is 42.1 Å². The largest absolute Gasteiger partial charge is 0.388 e. The molecule has 0 unspecified atom stereocenters. The number of para-hydroxylation sites is 1. The highest BCUT2D eigenvalue weighted by Crippen LogP contribution is 2.28. The Bertz CT molecular complexity index is 583. The van der Waals surface area contributed by atoms with Crippen molar-refractivity contribution in [3.05, 3.63) is 59.4 Å². The van der Waals surface area contributed by atoms with Crippen LogP contribution in [0.5, 0.6) is 0 Å². The van der Waals surface area contributed by atoms with Crippen molar-refractivity contribution >= 4 is 5.69 Å². The van der Waals surface area contributed by atoms with E-state index in [1.54, 1.807) is 0 Å². The van der Waals surface area contributed by atoms with Crippen LogP contribution >= 0.6 is 0 Å². The van der Waals surface area contributed by atoms with Crippen molar-refractivity contribution in [1.29, 1.82) is 0 Å². The second-order valence-electron chi connectivity index (χ2n) is 5.27. The summed E-state index contributed by atoms with van der Waals surface area (Å²) in [5.41, 5.74) is 4.18. The van der Waals surface area contributed by atoms with Crippen LogP contribution in [0.1, 0.15) is 43.3 Å². The Labute approximate surface area is 127 Å². The molecular formula is C18H24N2O. The summed E-state index contributed by atoms with van der Waals surface area (Å²) in [6.45, 7) is 7.77. The molecule has 2 aromatic rings. The van der Waals surface area contributed by atoms with E-state index in [9.17, 15) is 5.11 Å². The van der Waals surface area contributed by atoms with Crippen LogP contribution in [0, 0.1) is 6.92 Å². The first-order chi connectivity index (χ1) is 10.2. The van der Waals surface area contributed by atoms with Gasteiger partial charge in [-0.3, -0.25) is 4.98 Å². The lowest BCUT2D eigenvalue weighted by molar-refractivity contribution is 0.174. The third-order valence-electron chi connectivity index (χ3n) is 3.70. The number of aliphatic hydroxyl groups is 1. The molecule has 21 heavy (non-hydrogen) atoms. The molecule has 3 nitrogen and oxygen atoms in total. The molecule has 0 spiro atoms. The van der Waals surface area contributed by atoms with Gasteiger partial charge in [0.1, 0.15) is 0 Å². The summed E-state index contributed by atoms with van der Waals surface area (Å²) in [6, 6.07) is 14.2. The van der Waals surface area contributed by atoms with Crippen LogP contribution in [0.3, 0.4) is 0 Å². The molecule has 0 aliphatic heterocycles.